The van der Waals surface area contributed by atoms with Crippen molar-refractivity contribution in [3.05, 3.63) is 0 Å². The lowest BCUT2D eigenvalue weighted by molar-refractivity contribution is -0.142. The number of carbonyl (C=O) groups excluding carboxylic acids is 1. The minimum absolute atomic E-state index is 0.200. The molecule has 0 atom stereocenters. The Morgan fingerprint density at radius 3 is 2.73 bits per heavy atom. The molecule has 1 aliphatic rings. The molecule has 4 heteroatoms. The van der Waals surface area contributed by atoms with Crippen molar-refractivity contribution in [3.63, 3.8) is 0 Å². The SMILES string of the molecule is COC(=O)CCC1OCCO1. The summed E-state index contributed by atoms with van der Waals surface area (Å²) >= 11 is 0. The molecule has 0 aromatic carbocycles. The Hall–Kier alpha value is -0.610. The van der Waals surface area contributed by atoms with Crippen molar-refractivity contribution in [3.8, 4) is 0 Å². The number of carbonyl (C=O) groups is 1. The monoisotopic (exact) mass is 160 g/mol. The van der Waals surface area contributed by atoms with Gasteiger partial charge in [-0.3, -0.25) is 4.79 Å². The standard InChI is InChI=1S/C7H12O4/c1-9-6(8)2-3-7-10-4-5-11-7/h7H,2-5H2,1H3. The van der Waals surface area contributed by atoms with Gasteiger partial charge in [-0.15, -0.1) is 0 Å². The predicted molar refractivity (Wildman–Crippen MR) is 36.9 cm³/mol. The normalized spacial score (nSPS) is 18.6. The Bertz CT molecular complexity index is 128. The number of methoxy groups -OCH3 is 1. The second kappa shape index (κ2) is 4.31. The first-order valence-corrected chi connectivity index (χ1v) is 3.63. The van der Waals surface area contributed by atoms with Crippen molar-refractivity contribution in [1.82, 2.24) is 0 Å². The number of hydrogen-bond acceptors (Lipinski definition) is 4. The van der Waals surface area contributed by atoms with Gasteiger partial charge in [0, 0.05) is 6.42 Å². The lowest BCUT2D eigenvalue weighted by Gasteiger charge is -2.06. The number of hydrogen-bond donors (Lipinski definition) is 0. The number of esters is 1. The first-order chi connectivity index (χ1) is 5.33. The molecular weight excluding hydrogens is 148 g/mol. The fourth-order valence-corrected chi connectivity index (χ4v) is 0.912. The maximum Gasteiger partial charge on any atom is 0.305 e. The molecule has 1 saturated heterocycles. The highest BCUT2D eigenvalue weighted by molar-refractivity contribution is 5.69. The zero-order valence-corrected chi connectivity index (χ0v) is 6.54. The molecule has 0 aliphatic carbocycles. The van der Waals surface area contributed by atoms with Crippen LogP contribution < -0.4 is 0 Å². The number of ether oxygens (including phenoxy) is 3. The highest BCUT2D eigenvalue weighted by Gasteiger charge is 2.16. The first kappa shape index (κ1) is 8.49. The maximum atomic E-state index is 10.6. The molecular formula is C7H12O4. The van der Waals surface area contributed by atoms with E-state index < -0.39 is 0 Å². The summed E-state index contributed by atoms with van der Waals surface area (Å²) in [6.07, 6.45) is 0.752. The van der Waals surface area contributed by atoms with E-state index in [2.05, 4.69) is 4.74 Å². The fourth-order valence-electron chi connectivity index (χ4n) is 0.912. The molecule has 0 unspecified atom stereocenters. The van der Waals surface area contributed by atoms with Crippen LogP contribution in [0.25, 0.3) is 0 Å². The van der Waals surface area contributed by atoms with E-state index in [9.17, 15) is 4.79 Å². The average molecular weight is 160 g/mol. The smallest absolute Gasteiger partial charge is 0.305 e. The average Bonchev–Trinajstić information content (AvgIpc) is 2.52. The van der Waals surface area contributed by atoms with E-state index in [1.165, 1.54) is 7.11 Å². The quantitative estimate of drug-likeness (QED) is 0.557. The zero-order valence-electron chi connectivity index (χ0n) is 6.54. The molecule has 0 aromatic heterocycles. The molecule has 1 aliphatic heterocycles. The van der Waals surface area contributed by atoms with E-state index in [0.717, 1.165) is 0 Å². The summed E-state index contributed by atoms with van der Waals surface area (Å²) < 4.78 is 14.7. The van der Waals surface area contributed by atoms with E-state index in [1.54, 1.807) is 0 Å². The predicted octanol–water partition coefficient (Wildman–Crippen LogP) is 0.312. The lowest BCUT2D eigenvalue weighted by Crippen LogP contribution is -2.11. The Balaban J connectivity index is 2.06. The molecule has 0 amide bonds. The van der Waals surface area contributed by atoms with Gasteiger partial charge in [0.2, 0.25) is 0 Å². The maximum absolute atomic E-state index is 10.6. The van der Waals surface area contributed by atoms with Crippen molar-refractivity contribution < 1.29 is 19.0 Å². The Morgan fingerprint density at radius 1 is 1.55 bits per heavy atom. The molecule has 0 N–H and O–H groups in total. The van der Waals surface area contributed by atoms with Crippen LogP contribution in [0.5, 0.6) is 0 Å². The third-order valence-electron chi connectivity index (χ3n) is 1.50. The van der Waals surface area contributed by atoms with E-state index in [-0.39, 0.29) is 12.3 Å². The molecule has 0 saturated carbocycles. The largest absolute Gasteiger partial charge is 0.469 e. The number of rotatable bonds is 3. The molecule has 0 bridgehead atoms. The van der Waals surface area contributed by atoms with Crippen molar-refractivity contribution in [2.75, 3.05) is 20.3 Å². The molecule has 11 heavy (non-hydrogen) atoms. The highest BCUT2D eigenvalue weighted by Crippen LogP contribution is 2.09. The summed E-state index contributed by atoms with van der Waals surface area (Å²) in [6.45, 7) is 1.26. The van der Waals surface area contributed by atoms with Crippen LogP contribution in [0.3, 0.4) is 0 Å². The molecule has 1 fully saturated rings. The molecule has 1 rings (SSSR count). The van der Waals surface area contributed by atoms with Crippen LogP contribution in [0.1, 0.15) is 12.8 Å². The third kappa shape index (κ3) is 2.86. The summed E-state index contributed by atoms with van der Waals surface area (Å²) in [5.41, 5.74) is 0. The second-order valence-electron chi connectivity index (χ2n) is 2.29. The van der Waals surface area contributed by atoms with Gasteiger partial charge in [0.05, 0.1) is 26.7 Å². The van der Waals surface area contributed by atoms with E-state index in [1.807, 2.05) is 0 Å². The third-order valence-corrected chi connectivity index (χ3v) is 1.50. The van der Waals surface area contributed by atoms with Crippen LogP contribution in [-0.4, -0.2) is 32.6 Å². The van der Waals surface area contributed by atoms with Crippen LogP contribution in [0.15, 0.2) is 0 Å². The molecule has 0 radical (unpaired) electrons. The summed E-state index contributed by atoms with van der Waals surface area (Å²) in [7, 11) is 1.37. The van der Waals surface area contributed by atoms with Crippen molar-refractivity contribution in [2.45, 2.75) is 19.1 Å². The minimum Gasteiger partial charge on any atom is -0.469 e. The van der Waals surface area contributed by atoms with Gasteiger partial charge in [0.1, 0.15) is 0 Å². The Morgan fingerprint density at radius 2 is 2.18 bits per heavy atom. The molecule has 1 heterocycles. The topological polar surface area (TPSA) is 44.8 Å². The van der Waals surface area contributed by atoms with Gasteiger partial charge < -0.3 is 14.2 Å². The molecule has 0 spiro atoms. The minimum atomic E-state index is -0.218. The summed E-state index contributed by atoms with van der Waals surface area (Å²) in [6, 6.07) is 0. The van der Waals surface area contributed by atoms with E-state index in [0.29, 0.717) is 26.1 Å². The molecule has 64 valence electrons. The van der Waals surface area contributed by atoms with Crippen LogP contribution >= 0.6 is 0 Å². The van der Waals surface area contributed by atoms with Gasteiger partial charge in [-0.2, -0.15) is 0 Å². The van der Waals surface area contributed by atoms with Gasteiger partial charge in [-0.25, -0.2) is 0 Å². The van der Waals surface area contributed by atoms with Gasteiger partial charge in [-0.1, -0.05) is 0 Å². The van der Waals surface area contributed by atoms with E-state index >= 15 is 0 Å². The van der Waals surface area contributed by atoms with Crippen LogP contribution in [-0.2, 0) is 19.0 Å². The van der Waals surface area contributed by atoms with Crippen LogP contribution in [0, 0.1) is 0 Å². The van der Waals surface area contributed by atoms with Gasteiger partial charge >= 0.3 is 5.97 Å². The molecule has 0 aromatic rings. The summed E-state index contributed by atoms with van der Waals surface area (Å²) in [4.78, 5) is 10.6. The lowest BCUT2D eigenvalue weighted by atomic mass is 10.3. The van der Waals surface area contributed by atoms with Gasteiger partial charge in [0.25, 0.3) is 0 Å². The van der Waals surface area contributed by atoms with Crippen LogP contribution in [0.2, 0.25) is 0 Å². The van der Waals surface area contributed by atoms with Gasteiger partial charge in [-0.05, 0) is 0 Å². The highest BCUT2D eigenvalue weighted by atomic mass is 16.7. The van der Waals surface area contributed by atoms with E-state index in [4.69, 9.17) is 9.47 Å². The molecule has 4 nitrogen and oxygen atoms in total. The zero-order chi connectivity index (χ0) is 8.10. The van der Waals surface area contributed by atoms with Crippen LogP contribution in [0.4, 0.5) is 0 Å². The van der Waals surface area contributed by atoms with Crippen molar-refractivity contribution in [1.29, 1.82) is 0 Å². The second-order valence-corrected chi connectivity index (χ2v) is 2.29. The summed E-state index contributed by atoms with van der Waals surface area (Å²) in [5.74, 6) is -0.218. The Kier molecular flexibility index (Phi) is 3.32. The van der Waals surface area contributed by atoms with Gasteiger partial charge in [0.15, 0.2) is 6.29 Å². The van der Waals surface area contributed by atoms with Crippen molar-refractivity contribution in [2.24, 2.45) is 0 Å². The Labute approximate surface area is 65.4 Å². The van der Waals surface area contributed by atoms with Crippen molar-refractivity contribution >= 4 is 5.97 Å². The summed E-state index contributed by atoms with van der Waals surface area (Å²) in [5, 5.41) is 0. The first-order valence-electron chi connectivity index (χ1n) is 3.63. The fraction of sp³-hybridized carbons (Fsp3) is 0.857.